The normalized spacial score (nSPS) is 11.4. The number of hydrogen-bond acceptors (Lipinski definition) is 3. The molecule has 0 spiro atoms. The molecule has 3 rings (SSSR count). The zero-order chi connectivity index (χ0) is 20.9. The van der Waals surface area contributed by atoms with Crippen molar-refractivity contribution < 1.29 is 17.6 Å². The summed E-state index contributed by atoms with van der Waals surface area (Å²) in [7, 11) is -3.75. The minimum atomic E-state index is -3.75. The molecule has 0 bridgehead atoms. The number of carbonyl (C=O) groups excluding carboxylic acids is 1. The fraction of sp³-hybridized carbons (Fsp3) is 0.0455. The van der Waals surface area contributed by atoms with Gasteiger partial charge in [0.2, 0.25) is 5.91 Å². The van der Waals surface area contributed by atoms with E-state index in [4.69, 9.17) is 0 Å². The van der Waals surface area contributed by atoms with Crippen LogP contribution in [0.5, 0.6) is 0 Å². The highest BCUT2D eigenvalue weighted by Crippen LogP contribution is 2.23. The molecule has 29 heavy (non-hydrogen) atoms. The fourth-order valence-corrected chi connectivity index (χ4v) is 3.72. The van der Waals surface area contributed by atoms with Crippen LogP contribution in [0.1, 0.15) is 11.1 Å². The first-order chi connectivity index (χ1) is 13.8. The Hall–Kier alpha value is -3.45. The van der Waals surface area contributed by atoms with Crippen LogP contribution in [-0.2, 0) is 14.8 Å². The topological polar surface area (TPSA) is 75.3 Å². The van der Waals surface area contributed by atoms with Crippen molar-refractivity contribution in [2.45, 2.75) is 11.8 Å². The van der Waals surface area contributed by atoms with Gasteiger partial charge >= 0.3 is 0 Å². The molecule has 0 saturated heterocycles. The molecule has 0 unspecified atom stereocenters. The highest BCUT2D eigenvalue weighted by molar-refractivity contribution is 7.92. The molecule has 0 aliphatic rings. The maximum atomic E-state index is 13.6. The molecule has 0 aromatic heterocycles. The quantitative estimate of drug-likeness (QED) is 0.584. The lowest BCUT2D eigenvalue weighted by Crippen LogP contribution is -2.14. The van der Waals surface area contributed by atoms with Gasteiger partial charge < -0.3 is 5.32 Å². The van der Waals surface area contributed by atoms with E-state index in [1.54, 1.807) is 55.5 Å². The minimum absolute atomic E-state index is 0.140. The summed E-state index contributed by atoms with van der Waals surface area (Å²) in [5, 5.41) is 2.64. The highest BCUT2D eigenvalue weighted by Gasteiger charge is 2.15. The third-order valence-electron chi connectivity index (χ3n) is 4.12. The van der Waals surface area contributed by atoms with Crippen molar-refractivity contribution in [2.75, 3.05) is 10.0 Å². The van der Waals surface area contributed by atoms with Gasteiger partial charge in [-0.2, -0.15) is 0 Å². The van der Waals surface area contributed by atoms with E-state index in [2.05, 4.69) is 10.0 Å². The van der Waals surface area contributed by atoms with E-state index >= 15 is 0 Å². The minimum Gasteiger partial charge on any atom is -0.322 e. The molecule has 1 amide bonds. The molecule has 3 aromatic rings. The summed E-state index contributed by atoms with van der Waals surface area (Å²) in [6, 6.07) is 19.0. The largest absolute Gasteiger partial charge is 0.322 e. The van der Waals surface area contributed by atoms with Crippen molar-refractivity contribution >= 4 is 33.4 Å². The number of sulfonamides is 1. The van der Waals surface area contributed by atoms with Crippen molar-refractivity contribution in [1.29, 1.82) is 0 Å². The Morgan fingerprint density at radius 1 is 0.966 bits per heavy atom. The number of aryl methyl sites for hydroxylation is 1. The van der Waals surface area contributed by atoms with Gasteiger partial charge in [-0.1, -0.05) is 42.5 Å². The lowest BCUT2D eigenvalue weighted by molar-refractivity contribution is -0.111. The fourth-order valence-electron chi connectivity index (χ4n) is 2.57. The number of benzene rings is 3. The highest BCUT2D eigenvalue weighted by atomic mass is 32.2. The first-order valence-electron chi connectivity index (χ1n) is 8.77. The van der Waals surface area contributed by atoms with Crippen LogP contribution in [0.4, 0.5) is 15.8 Å². The van der Waals surface area contributed by atoms with Crippen molar-refractivity contribution in [3.05, 3.63) is 95.8 Å². The summed E-state index contributed by atoms with van der Waals surface area (Å²) < 4.78 is 41.2. The number of hydrogen-bond donors (Lipinski definition) is 2. The first-order valence-corrected chi connectivity index (χ1v) is 10.3. The van der Waals surface area contributed by atoms with E-state index in [9.17, 15) is 17.6 Å². The van der Waals surface area contributed by atoms with E-state index in [1.807, 2.05) is 0 Å². The third-order valence-corrected chi connectivity index (χ3v) is 5.50. The number of anilines is 2. The maximum absolute atomic E-state index is 13.6. The zero-order valence-corrected chi connectivity index (χ0v) is 16.4. The Labute approximate surface area is 169 Å². The van der Waals surface area contributed by atoms with E-state index < -0.39 is 21.7 Å². The third kappa shape index (κ3) is 5.30. The molecule has 5 nitrogen and oxygen atoms in total. The standard InChI is InChI=1S/C22H19FN2O3S/c1-16-11-13-18(24-22(26)14-12-17-7-5-6-10-20(17)23)15-21(16)25-29(27,28)19-8-3-2-4-9-19/h2-15,25H,1H3,(H,24,26)/b14-12+. The summed E-state index contributed by atoms with van der Waals surface area (Å²) in [6.07, 6.45) is 2.59. The SMILES string of the molecule is Cc1ccc(NC(=O)/C=C/c2ccccc2F)cc1NS(=O)(=O)c1ccccc1. The number of carbonyl (C=O) groups is 1. The molecule has 0 fully saturated rings. The molecule has 0 aliphatic heterocycles. The van der Waals surface area contributed by atoms with Gasteiger partial charge in [0.05, 0.1) is 10.6 Å². The van der Waals surface area contributed by atoms with Crippen LogP contribution in [0.3, 0.4) is 0 Å². The molecule has 148 valence electrons. The van der Waals surface area contributed by atoms with Crippen LogP contribution >= 0.6 is 0 Å². The lowest BCUT2D eigenvalue weighted by atomic mass is 10.2. The van der Waals surface area contributed by atoms with Crippen LogP contribution < -0.4 is 10.0 Å². The molecule has 0 atom stereocenters. The zero-order valence-electron chi connectivity index (χ0n) is 15.6. The first kappa shape index (κ1) is 20.3. The van der Waals surface area contributed by atoms with E-state index in [-0.39, 0.29) is 4.90 Å². The van der Waals surface area contributed by atoms with Crippen LogP contribution in [-0.4, -0.2) is 14.3 Å². The number of nitrogens with one attached hydrogen (secondary N) is 2. The predicted octanol–water partition coefficient (Wildman–Crippen LogP) is 4.59. The Morgan fingerprint density at radius 3 is 2.38 bits per heavy atom. The average Bonchev–Trinajstić information content (AvgIpc) is 2.70. The molecule has 0 radical (unpaired) electrons. The average molecular weight is 410 g/mol. The summed E-state index contributed by atoms with van der Waals surface area (Å²) in [5.41, 5.74) is 1.75. The van der Waals surface area contributed by atoms with Gasteiger partial charge in [0.25, 0.3) is 10.0 Å². The van der Waals surface area contributed by atoms with Crippen molar-refractivity contribution in [1.82, 2.24) is 0 Å². The predicted molar refractivity (Wildman–Crippen MR) is 112 cm³/mol. The van der Waals surface area contributed by atoms with Crippen molar-refractivity contribution in [2.24, 2.45) is 0 Å². The summed E-state index contributed by atoms with van der Waals surface area (Å²) >= 11 is 0. The molecular weight excluding hydrogens is 391 g/mol. The van der Waals surface area contributed by atoms with Crippen LogP contribution in [0, 0.1) is 12.7 Å². The second kappa shape index (κ2) is 8.70. The van der Waals surface area contributed by atoms with Crippen LogP contribution in [0.15, 0.2) is 83.8 Å². The van der Waals surface area contributed by atoms with Crippen molar-refractivity contribution in [3.63, 3.8) is 0 Å². The van der Waals surface area contributed by atoms with E-state index in [0.717, 1.165) is 0 Å². The second-order valence-corrected chi connectivity index (χ2v) is 7.97. The summed E-state index contributed by atoms with van der Waals surface area (Å²) in [5.74, 6) is -0.890. The molecule has 2 N–H and O–H groups in total. The smallest absolute Gasteiger partial charge is 0.261 e. The van der Waals surface area contributed by atoms with E-state index in [1.165, 1.54) is 36.4 Å². The molecular formula is C22H19FN2O3S. The van der Waals surface area contributed by atoms with Gasteiger partial charge in [0.15, 0.2) is 0 Å². The molecule has 0 heterocycles. The number of amides is 1. The van der Waals surface area contributed by atoms with Gasteiger partial charge in [0, 0.05) is 17.3 Å². The van der Waals surface area contributed by atoms with Crippen LogP contribution in [0.2, 0.25) is 0 Å². The van der Waals surface area contributed by atoms with Crippen molar-refractivity contribution in [3.8, 4) is 0 Å². The Bertz CT molecular complexity index is 1160. The molecule has 3 aromatic carbocycles. The summed E-state index contributed by atoms with van der Waals surface area (Å²) in [6.45, 7) is 1.76. The van der Waals surface area contributed by atoms with Gasteiger partial charge in [-0.3, -0.25) is 9.52 Å². The molecule has 0 aliphatic carbocycles. The van der Waals surface area contributed by atoms with Gasteiger partial charge in [-0.05, 0) is 48.9 Å². The molecule has 7 heteroatoms. The number of rotatable bonds is 6. The Balaban J connectivity index is 1.75. The van der Waals surface area contributed by atoms with Crippen LogP contribution in [0.25, 0.3) is 6.08 Å². The Morgan fingerprint density at radius 2 is 1.66 bits per heavy atom. The summed E-state index contributed by atoms with van der Waals surface area (Å²) in [4.78, 5) is 12.3. The molecule has 0 saturated carbocycles. The van der Waals surface area contributed by atoms with Gasteiger partial charge in [-0.25, -0.2) is 12.8 Å². The van der Waals surface area contributed by atoms with Gasteiger partial charge in [-0.15, -0.1) is 0 Å². The monoisotopic (exact) mass is 410 g/mol. The maximum Gasteiger partial charge on any atom is 0.261 e. The van der Waals surface area contributed by atoms with Gasteiger partial charge in [0.1, 0.15) is 5.82 Å². The number of halogens is 1. The Kier molecular flexibility index (Phi) is 6.09. The van der Waals surface area contributed by atoms with E-state index in [0.29, 0.717) is 22.5 Å². The second-order valence-electron chi connectivity index (χ2n) is 6.29. The lowest BCUT2D eigenvalue weighted by Gasteiger charge is -2.12.